The van der Waals surface area contributed by atoms with Gasteiger partial charge in [0.1, 0.15) is 0 Å². The summed E-state index contributed by atoms with van der Waals surface area (Å²) in [5.41, 5.74) is 3.37. The zero-order chi connectivity index (χ0) is 18.1. The highest BCUT2D eigenvalue weighted by Crippen LogP contribution is 2.23. The first-order valence-corrected chi connectivity index (χ1v) is 8.36. The average molecular weight is 355 g/mol. The minimum absolute atomic E-state index is 0.341. The van der Waals surface area contributed by atoms with E-state index in [2.05, 4.69) is 9.97 Å². The summed E-state index contributed by atoms with van der Waals surface area (Å²) in [5, 5.41) is 0. The minimum atomic E-state index is -1.43. The third kappa shape index (κ3) is 3.32. The molecular formula is C20H16F3N3. The van der Waals surface area contributed by atoms with Gasteiger partial charge >= 0.3 is 0 Å². The molecule has 1 aliphatic heterocycles. The molecule has 0 spiro atoms. The molecule has 0 saturated heterocycles. The molecule has 0 N–H and O–H groups in total. The predicted molar refractivity (Wildman–Crippen MR) is 91.6 cm³/mol. The lowest BCUT2D eigenvalue weighted by atomic mass is 10.1. The van der Waals surface area contributed by atoms with Gasteiger partial charge in [-0.1, -0.05) is 30.3 Å². The molecule has 2 aromatic carbocycles. The quantitative estimate of drug-likeness (QED) is 0.662. The largest absolute Gasteiger partial charge is 0.294 e. The van der Waals surface area contributed by atoms with Crippen molar-refractivity contribution < 1.29 is 13.2 Å². The van der Waals surface area contributed by atoms with Crippen LogP contribution in [0.5, 0.6) is 0 Å². The zero-order valence-electron chi connectivity index (χ0n) is 13.9. The van der Waals surface area contributed by atoms with Crippen LogP contribution in [0.3, 0.4) is 0 Å². The summed E-state index contributed by atoms with van der Waals surface area (Å²) in [5.74, 6) is -3.05. The second-order valence-corrected chi connectivity index (χ2v) is 6.37. The molecule has 0 unspecified atom stereocenters. The van der Waals surface area contributed by atoms with Crippen molar-refractivity contribution in [3.8, 4) is 11.4 Å². The first-order chi connectivity index (χ1) is 12.6. The third-order valence-corrected chi connectivity index (χ3v) is 4.49. The number of hydrogen-bond donors (Lipinski definition) is 0. The molecule has 0 radical (unpaired) electrons. The van der Waals surface area contributed by atoms with Crippen molar-refractivity contribution in [3.63, 3.8) is 0 Å². The number of rotatable bonds is 3. The molecule has 1 aromatic heterocycles. The van der Waals surface area contributed by atoms with Gasteiger partial charge < -0.3 is 0 Å². The Labute approximate surface area is 149 Å². The number of aromatic nitrogens is 2. The lowest BCUT2D eigenvalue weighted by molar-refractivity contribution is 0.242. The predicted octanol–water partition coefficient (Wildman–Crippen LogP) is 4.12. The number of nitrogens with zero attached hydrogens (tertiary/aromatic N) is 3. The SMILES string of the molecule is Fc1cc(CN2CCc3nc(-c4ccccc4)ncc3C2)cc(F)c1F. The van der Waals surface area contributed by atoms with Crippen LogP contribution in [0.2, 0.25) is 0 Å². The van der Waals surface area contributed by atoms with Gasteiger partial charge in [-0.05, 0) is 17.7 Å². The van der Waals surface area contributed by atoms with E-state index in [0.717, 1.165) is 35.4 Å². The van der Waals surface area contributed by atoms with Crippen molar-refractivity contribution in [1.82, 2.24) is 14.9 Å². The summed E-state index contributed by atoms with van der Waals surface area (Å²) in [7, 11) is 0. The van der Waals surface area contributed by atoms with Gasteiger partial charge in [0.2, 0.25) is 0 Å². The highest BCUT2D eigenvalue weighted by Gasteiger charge is 2.20. The van der Waals surface area contributed by atoms with Crippen LogP contribution in [0.15, 0.2) is 48.7 Å². The summed E-state index contributed by atoms with van der Waals surface area (Å²) >= 11 is 0. The number of fused-ring (bicyclic) bond motifs is 1. The second kappa shape index (κ2) is 6.88. The highest BCUT2D eigenvalue weighted by molar-refractivity contribution is 5.54. The topological polar surface area (TPSA) is 29.0 Å². The van der Waals surface area contributed by atoms with Gasteiger partial charge in [0.25, 0.3) is 0 Å². The minimum Gasteiger partial charge on any atom is -0.294 e. The summed E-state index contributed by atoms with van der Waals surface area (Å²) in [4.78, 5) is 11.1. The second-order valence-electron chi connectivity index (χ2n) is 6.37. The fourth-order valence-corrected chi connectivity index (χ4v) is 3.19. The molecule has 26 heavy (non-hydrogen) atoms. The van der Waals surface area contributed by atoms with E-state index in [1.54, 1.807) is 0 Å². The highest BCUT2D eigenvalue weighted by atomic mass is 19.2. The summed E-state index contributed by atoms with van der Waals surface area (Å²) < 4.78 is 39.9. The van der Waals surface area contributed by atoms with Gasteiger partial charge in [0.05, 0.1) is 5.69 Å². The molecule has 0 aliphatic carbocycles. The molecule has 0 fully saturated rings. The Morgan fingerprint density at radius 2 is 1.73 bits per heavy atom. The zero-order valence-corrected chi connectivity index (χ0v) is 13.9. The molecule has 0 bridgehead atoms. The molecule has 132 valence electrons. The number of benzene rings is 2. The Morgan fingerprint density at radius 1 is 1.00 bits per heavy atom. The van der Waals surface area contributed by atoms with Crippen molar-refractivity contribution in [2.45, 2.75) is 19.5 Å². The van der Waals surface area contributed by atoms with Crippen LogP contribution in [0.25, 0.3) is 11.4 Å². The molecule has 1 aliphatic rings. The standard InChI is InChI=1S/C20H16F3N3/c21-16-8-13(9-17(22)19(16)23)11-26-7-6-18-15(12-26)10-24-20(25-18)14-4-2-1-3-5-14/h1-5,8-10H,6-7,11-12H2. The Kier molecular flexibility index (Phi) is 4.42. The van der Waals surface area contributed by atoms with E-state index in [9.17, 15) is 13.2 Å². The van der Waals surface area contributed by atoms with Gasteiger partial charge in [0.15, 0.2) is 23.3 Å². The van der Waals surface area contributed by atoms with Crippen molar-refractivity contribution in [3.05, 3.63) is 82.9 Å². The summed E-state index contributed by atoms with van der Waals surface area (Å²) in [6, 6.07) is 11.9. The lowest BCUT2D eigenvalue weighted by Gasteiger charge is -2.28. The van der Waals surface area contributed by atoms with Crippen molar-refractivity contribution in [2.24, 2.45) is 0 Å². The first kappa shape index (κ1) is 16.7. The molecule has 3 aromatic rings. The fraction of sp³-hybridized carbons (Fsp3) is 0.200. The molecule has 0 amide bonds. The smallest absolute Gasteiger partial charge is 0.194 e. The van der Waals surface area contributed by atoms with Gasteiger partial charge in [0, 0.05) is 43.4 Å². The van der Waals surface area contributed by atoms with Gasteiger partial charge in [-0.3, -0.25) is 4.90 Å². The van der Waals surface area contributed by atoms with Crippen molar-refractivity contribution in [1.29, 1.82) is 0 Å². The Balaban J connectivity index is 1.52. The van der Waals surface area contributed by atoms with Crippen LogP contribution in [-0.2, 0) is 19.5 Å². The number of halogens is 3. The molecular weight excluding hydrogens is 339 g/mol. The summed E-state index contributed by atoms with van der Waals surface area (Å²) in [6.45, 7) is 1.64. The van der Waals surface area contributed by atoms with Crippen LogP contribution < -0.4 is 0 Å². The lowest BCUT2D eigenvalue weighted by Crippen LogP contribution is -2.31. The van der Waals surface area contributed by atoms with E-state index < -0.39 is 17.5 Å². The van der Waals surface area contributed by atoms with E-state index in [0.29, 0.717) is 31.0 Å². The molecule has 0 saturated carbocycles. The van der Waals surface area contributed by atoms with Crippen molar-refractivity contribution in [2.75, 3.05) is 6.54 Å². The number of hydrogen-bond acceptors (Lipinski definition) is 3. The Bertz CT molecular complexity index is 921. The van der Waals surface area contributed by atoms with E-state index in [1.807, 2.05) is 41.4 Å². The normalized spacial score (nSPS) is 14.3. The first-order valence-electron chi connectivity index (χ1n) is 8.36. The maximum atomic E-state index is 13.4. The molecule has 6 heteroatoms. The molecule has 3 nitrogen and oxygen atoms in total. The summed E-state index contributed by atoms with van der Waals surface area (Å²) in [6.07, 6.45) is 2.53. The van der Waals surface area contributed by atoms with E-state index >= 15 is 0 Å². The van der Waals surface area contributed by atoms with Crippen LogP contribution >= 0.6 is 0 Å². The van der Waals surface area contributed by atoms with E-state index in [-0.39, 0.29) is 0 Å². The van der Waals surface area contributed by atoms with Crippen LogP contribution in [0.4, 0.5) is 13.2 Å². The van der Waals surface area contributed by atoms with Crippen molar-refractivity contribution >= 4 is 0 Å². The van der Waals surface area contributed by atoms with Gasteiger partial charge in [-0.15, -0.1) is 0 Å². The van der Waals surface area contributed by atoms with E-state index in [4.69, 9.17) is 0 Å². The monoisotopic (exact) mass is 355 g/mol. The van der Waals surface area contributed by atoms with Gasteiger partial charge in [-0.2, -0.15) is 0 Å². The average Bonchev–Trinajstić information content (AvgIpc) is 2.66. The molecule has 4 rings (SSSR count). The fourth-order valence-electron chi connectivity index (χ4n) is 3.19. The van der Waals surface area contributed by atoms with Gasteiger partial charge in [-0.25, -0.2) is 23.1 Å². The maximum absolute atomic E-state index is 13.4. The van der Waals surface area contributed by atoms with Crippen LogP contribution in [-0.4, -0.2) is 21.4 Å². The Morgan fingerprint density at radius 3 is 2.46 bits per heavy atom. The third-order valence-electron chi connectivity index (χ3n) is 4.49. The molecule has 0 atom stereocenters. The Hall–Kier alpha value is -2.73. The van der Waals surface area contributed by atoms with Crippen LogP contribution in [0, 0.1) is 17.5 Å². The van der Waals surface area contributed by atoms with Crippen LogP contribution in [0.1, 0.15) is 16.8 Å². The maximum Gasteiger partial charge on any atom is 0.194 e. The molecule has 2 heterocycles. The van der Waals surface area contributed by atoms with E-state index in [1.165, 1.54) is 0 Å².